The molecule has 0 aliphatic carbocycles. The normalized spacial score (nSPS) is 17.4. The zero-order valence-electron chi connectivity index (χ0n) is 13.3. The Morgan fingerprint density at radius 1 is 1.09 bits per heavy atom. The summed E-state index contributed by atoms with van der Waals surface area (Å²) in [6, 6.07) is -0.827. The predicted molar refractivity (Wildman–Crippen MR) is 81.9 cm³/mol. The van der Waals surface area contributed by atoms with E-state index in [4.69, 9.17) is 0 Å². The number of nitrogens with one attached hydrogen (secondary N) is 2. The van der Waals surface area contributed by atoms with E-state index in [0.717, 1.165) is 19.3 Å². The Kier molecular flexibility index (Phi) is 8.40. The van der Waals surface area contributed by atoms with Crippen molar-refractivity contribution in [2.75, 3.05) is 0 Å². The van der Waals surface area contributed by atoms with E-state index < -0.39 is 23.8 Å². The van der Waals surface area contributed by atoms with Crippen LogP contribution >= 0.6 is 0 Å². The van der Waals surface area contributed by atoms with Crippen LogP contribution < -0.4 is 10.6 Å². The van der Waals surface area contributed by atoms with Crippen LogP contribution in [-0.2, 0) is 19.2 Å². The maximum atomic E-state index is 11.7. The summed E-state index contributed by atoms with van der Waals surface area (Å²) in [6.07, 6.45) is 8.01. The van der Waals surface area contributed by atoms with E-state index >= 15 is 0 Å². The molecule has 0 spiro atoms. The zero-order chi connectivity index (χ0) is 16.4. The number of imide groups is 1. The highest BCUT2D eigenvalue weighted by Gasteiger charge is 2.31. The molecule has 1 aliphatic heterocycles. The number of carbonyl (C=O) groups is 4. The third-order valence-electron chi connectivity index (χ3n) is 3.72. The van der Waals surface area contributed by atoms with Crippen LogP contribution in [0.25, 0.3) is 0 Å². The first-order chi connectivity index (χ1) is 10.5. The number of amides is 3. The second-order valence-electron chi connectivity index (χ2n) is 5.82. The third-order valence-corrected chi connectivity index (χ3v) is 3.72. The number of Topliss-reactive ketones (excluding diaryl/α,β-unsaturated/α-hetero) is 1. The van der Waals surface area contributed by atoms with Gasteiger partial charge in [0, 0.05) is 6.42 Å². The minimum Gasteiger partial charge on any atom is -0.343 e. The largest absolute Gasteiger partial charge is 0.343 e. The molecule has 124 valence electrons. The first kappa shape index (κ1) is 18.3. The molecule has 0 bridgehead atoms. The molecular formula is C16H26N2O4. The fourth-order valence-electron chi connectivity index (χ4n) is 2.46. The monoisotopic (exact) mass is 310 g/mol. The van der Waals surface area contributed by atoms with Crippen LogP contribution in [0.1, 0.15) is 71.1 Å². The summed E-state index contributed by atoms with van der Waals surface area (Å²) in [5.41, 5.74) is 0. The van der Waals surface area contributed by atoms with Crippen LogP contribution in [0, 0.1) is 0 Å². The maximum absolute atomic E-state index is 11.7. The Bertz CT molecular complexity index is 420. The van der Waals surface area contributed by atoms with E-state index in [-0.39, 0.29) is 18.6 Å². The minimum atomic E-state index is -0.827. The van der Waals surface area contributed by atoms with Gasteiger partial charge in [-0.05, 0) is 6.42 Å². The van der Waals surface area contributed by atoms with Crippen LogP contribution in [-0.4, -0.2) is 29.5 Å². The molecule has 1 rings (SSSR count). The Labute approximate surface area is 131 Å². The average molecular weight is 310 g/mol. The van der Waals surface area contributed by atoms with Crippen molar-refractivity contribution in [1.82, 2.24) is 10.6 Å². The lowest BCUT2D eigenvalue weighted by molar-refractivity contribution is -0.131. The van der Waals surface area contributed by atoms with Gasteiger partial charge in [-0.2, -0.15) is 0 Å². The van der Waals surface area contributed by atoms with E-state index in [2.05, 4.69) is 17.6 Å². The lowest BCUT2D eigenvalue weighted by Gasteiger charge is -2.08. The molecule has 0 radical (unpaired) electrons. The minimum absolute atomic E-state index is 0.0451. The van der Waals surface area contributed by atoms with E-state index in [1.54, 1.807) is 0 Å². The van der Waals surface area contributed by atoms with Gasteiger partial charge in [0.1, 0.15) is 11.8 Å². The standard InChI is InChI=1S/C16H26N2O4/c1-2-3-4-5-6-7-8-9-12(19)10-14(20)17-13-11-15(21)18-16(13)22/h13H,2-11H2,1H3,(H,17,20)(H,18,21,22)/t13-/m0/s1. The quantitative estimate of drug-likeness (QED) is 0.344. The van der Waals surface area contributed by atoms with Gasteiger partial charge < -0.3 is 5.32 Å². The van der Waals surface area contributed by atoms with Gasteiger partial charge in [0.15, 0.2) is 0 Å². The van der Waals surface area contributed by atoms with Gasteiger partial charge in [-0.25, -0.2) is 0 Å². The molecule has 1 fully saturated rings. The van der Waals surface area contributed by atoms with E-state index in [1.807, 2.05) is 0 Å². The Morgan fingerprint density at radius 3 is 2.32 bits per heavy atom. The highest BCUT2D eigenvalue weighted by atomic mass is 16.2. The summed E-state index contributed by atoms with van der Waals surface area (Å²) in [5.74, 6) is -1.50. The van der Waals surface area contributed by atoms with Crippen LogP contribution in [0.5, 0.6) is 0 Å². The van der Waals surface area contributed by atoms with Gasteiger partial charge in [-0.15, -0.1) is 0 Å². The fraction of sp³-hybridized carbons (Fsp3) is 0.750. The van der Waals surface area contributed by atoms with Gasteiger partial charge >= 0.3 is 0 Å². The molecule has 0 saturated carbocycles. The van der Waals surface area contributed by atoms with Crippen molar-refractivity contribution >= 4 is 23.5 Å². The van der Waals surface area contributed by atoms with Crippen LogP contribution in [0.4, 0.5) is 0 Å². The van der Waals surface area contributed by atoms with Crippen molar-refractivity contribution in [1.29, 1.82) is 0 Å². The van der Waals surface area contributed by atoms with Crippen molar-refractivity contribution in [3.8, 4) is 0 Å². The second kappa shape index (κ2) is 10.1. The lowest BCUT2D eigenvalue weighted by atomic mass is 10.1. The Balaban J connectivity index is 2.08. The van der Waals surface area contributed by atoms with Crippen LogP contribution in [0.15, 0.2) is 0 Å². The molecule has 1 heterocycles. The first-order valence-electron chi connectivity index (χ1n) is 8.17. The third kappa shape index (κ3) is 7.33. The molecular weight excluding hydrogens is 284 g/mol. The molecule has 1 aliphatic rings. The zero-order valence-corrected chi connectivity index (χ0v) is 13.3. The van der Waals surface area contributed by atoms with Gasteiger partial charge in [0.25, 0.3) is 0 Å². The number of hydrogen-bond acceptors (Lipinski definition) is 4. The van der Waals surface area contributed by atoms with Gasteiger partial charge in [0.05, 0.1) is 12.8 Å². The lowest BCUT2D eigenvalue weighted by Crippen LogP contribution is -2.40. The molecule has 6 nitrogen and oxygen atoms in total. The van der Waals surface area contributed by atoms with Crippen LogP contribution in [0.3, 0.4) is 0 Å². The predicted octanol–water partition coefficient (Wildman–Crippen LogP) is 1.62. The number of ketones is 1. The molecule has 0 aromatic heterocycles. The molecule has 22 heavy (non-hydrogen) atoms. The van der Waals surface area contributed by atoms with Crippen molar-refractivity contribution < 1.29 is 19.2 Å². The van der Waals surface area contributed by atoms with Gasteiger partial charge in [-0.3, -0.25) is 24.5 Å². The summed E-state index contributed by atoms with van der Waals surface area (Å²) in [6.45, 7) is 2.18. The highest BCUT2D eigenvalue weighted by molar-refractivity contribution is 6.08. The summed E-state index contributed by atoms with van der Waals surface area (Å²) in [5, 5.41) is 4.53. The number of hydrogen-bond donors (Lipinski definition) is 2. The van der Waals surface area contributed by atoms with Crippen molar-refractivity contribution in [2.24, 2.45) is 0 Å². The number of rotatable bonds is 11. The van der Waals surface area contributed by atoms with Crippen LogP contribution in [0.2, 0.25) is 0 Å². The Morgan fingerprint density at radius 2 is 1.73 bits per heavy atom. The molecule has 0 aromatic rings. The maximum Gasteiger partial charge on any atom is 0.249 e. The molecule has 6 heteroatoms. The molecule has 3 amide bonds. The van der Waals surface area contributed by atoms with Crippen molar-refractivity contribution in [3.05, 3.63) is 0 Å². The van der Waals surface area contributed by atoms with E-state index in [1.165, 1.54) is 25.7 Å². The molecule has 1 atom stereocenters. The van der Waals surface area contributed by atoms with E-state index in [9.17, 15) is 19.2 Å². The summed E-state index contributed by atoms with van der Waals surface area (Å²) < 4.78 is 0. The Hall–Kier alpha value is -1.72. The first-order valence-corrected chi connectivity index (χ1v) is 8.17. The fourth-order valence-corrected chi connectivity index (χ4v) is 2.46. The summed E-state index contributed by atoms with van der Waals surface area (Å²) in [4.78, 5) is 45.6. The van der Waals surface area contributed by atoms with Crippen molar-refractivity contribution in [2.45, 2.75) is 77.2 Å². The van der Waals surface area contributed by atoms with Gasteiger partial charge in [0.2, 0.25) is 17.7 Å². The SMILES string of the molecule is CCCCCCCCCC(=O)CC(=O)N[C@H]1CC(=O)NC1=O. The van der Waals surface area contributed by atoms with E-state index in [0.29, 0.717) is 6.42 Å². The molecule has 0 aromatic carbocycles. The number of unbranched alkanes of at least 4 members (excludes halogenated alkanes) is 6. The topological polar surface area (TPSA) is 92.3 Å². The number of carbonyl (C=O) groups excluding carboxylic acids is 4. The highest BCUT2D eigenvalue weighted by Crippen LogP contribution is 2.09. The average Bonchev–Trinajstić information content (AvgIpc) is 2.75. The molecule has 0 unspecified atom stereocenters. The van der Waals surface area contributed by atoms with Crippen molar-refractivity contribution in [3.63, 3.8) is 0 Å². The summed E-state index contributed by atoms with van der Waals surface area (Å²) in [7, 11) is 0. The summed E-state index contributed by atoms with van der Waals surface area (Å²) >= 11 is 0. The smallest absolute Gasteiger partial charge is 0.249 e. The molecule has 1 saturated heterocycles. The van der Waals surface area contributed by atoms with Gasteiger partial charge in [-0.1, -0.05) is 45.4 Å². The molecule has 2 N–H and O–H groups in total. The second-order valence-corrected chi connectivity index (χ2v) is 5.82.